The van der Waals surface area contributed by atoms with E-state index in [1.54, 1.807) is 6.20 Å². The zero-order chi connectivity index (χ0) is 15.4. The number of ketones is 1. The van der Waals surface area contributed by atoms with Crippen molar-refractivity contribution < 1.29 is 4.79 Å². The minimum atomic E-state index is -0.301. The van der Waals surface area contributed by atoms with Gasteiger partial charge < -0.3 is 4.57 Å². The molecule has 0 aliphatic carbocycles. The fourth-order valence-corrected chi connectivity index (χ4v) is 3.32. The lowest BCUT2D eigenvalue weighted by Crippen LogP contribution is -2.10. The first-order valence-electron chi connectivity index (χ1n) is 7.04. The van der Waals surface area contributed by atoms with Gasteiger partial charge in [0.05, 0.1) is 0 Å². The number of thioether (sulfide) groups is 1. The van der Waals surface area contributed by atoms with Crippen molar-refractivity contribution in [3.8, 4) is 0 Å². The molecule has 3 rings (SSSR count). The molecule has 1 atom stereocenters. The van der Waals surface area contributed by atoms with E-state index in [1.807, 2.05) is 78.5 Å². The Morgan fingerprint density at radius 2 is 1.68 bits per heavy atom. The average molecular weight is 308 g/mol. The van der Waals surface area contributed by atoms with E-state index in [0.717, 1.165) is 16.3 Å². The molecule has 0 spiro atoms. The van der Waals surface area contributed by atoms with Gasteiger partial charge >= 0.3 is 0 Å². The Bertz CT molecular complexity index is 753. The van der Waals surface area contributed by atoms with Gasteiger partial charge in [-0.05, 0) is 5.56 Å². The number of carbonyl (C=O) groups is 1. The molecule has 0 N–H and O–H groups in total. The standard InChI is InChI=1S/C18H16N2OS/c1-20-13-12-19-18(20)22-17(15-10-6-3-7-11-15)16(21)14-8-4-2-5-9-14/h2-13,17H,1H3/t17-/m0/s1. The lowest BCUT2D eigenvalue weighted by atomic mass is 10.0. The molecule has 0 amide bonds. The molecule has 2 aromatic carbocycles. The lowest BCUT2D eigenvalue weighted by Gasteiger charge is -2.15. The summed E-state index contributed by atoms with van der Waals surface area (Å²) in [6.45, 7) is 0. The average Bonchev–Trinajstić information content (AvgIpc) is 2.98. The first-order valence-corrected chi connectivity index (χ1v) is 7.92. The molecule has 0 bridgehead atoms. The van der Waals surface area contributed by atoms with Crippen molar-refractivity contribution in [2.24, 2.45) is 7.05 Å². The van der Waals surface area contributed by atoms with E-state index >= 15 is 0 Å². The summed E-state index contributed by atoms with van der Waals surface area (Å²) in [6.07, 6.45) is 3.63. The maximum Gasteiger partial charge on any atom is 0.180 e. The second-order valence-electron chi connectivity index (χ2n) is 4.96. The number of benzene rings is 2. The van der Waals surface area contributed by atoms with Crippen LogP contribution in [-0.4, -0.2) is 15.3 Å². The van der Waals surface area contributed by atoms with Crippen LogP contribution in [0.1, 0.15) is 21.2 Å². The molecule has 0 aliphatic heterocycles. The predicted molar refractivity (Wildman–Crippen MR) is 89.0 cm³/mol. The highest BCUT2D eigenvalue weighted by Gasteiger charge is 2.24. The highest BCUT2D eigenvalue weighted by molar-refractivity contribution is 8.00. The molecule has 0 radical (unpaired) electrons. The zero-order valence-corrected chi connectivity index (χ0v) is 13.0. The Hall–Kier alpha value is -2.33. The number of Topliss-reactive ketones (excluding diaryl/α,β-unsaturated/α-hetero) is 1. The van der Waals surface area contributed by atoms with Crippen molar-refractivity contribution in [1.82, 2.24) is 9.55 Å². The first-order chi connectivity index (χ1) is 10.8. The van der Waals surface area contributed by atoms with Crippen molar-refractivity contribution in [3.05, 3.63) is 84.2 Å². The number of carbonyl (C=O) groups excluding carboxylic acids is 1. The van der Waals surface area contributed by atoms with E-state index in [4.69, 9.17) is 0 Å². The van der Waals surface area contributed by atoms with Crippen molar-refractivity contribution in [1.29, 1.82) is 0 Å². The minimum Gasteiger partial charge on any atom is -0.329 e. The van der Waals surface area contributed by atoms with Gasteiger partial charge in [-0.2, -0.15) is 0 Å². The van der Waals surface area contributed by atoms with E-state index in [0.29, 0.717) is 0 Å². The molecule has 0 saturated carbocycles. The van der Waals surface area contributed by atoms with Gasteiger partial charge in [0, 0.05) is 25.0 Å². The Balaban J connectivity index is 1.96. The summed E-state index contributed by atoms with van der Waals surface area (Å²) < 4.78 is 1.93. The van der Waals surface area contributed by atoms with E-state index in [2.05, 4.69) is 4.98 Å². The van der Waals surface area contributed by atoms with E-state index in [9.17, 15) is 4.79 Å². The Morgan fingerprint density at radius 1 is 1.05 bits per heavy atom. The summed E-state index contributed by atoms with van der Waals surface area (Å²) in [6, 6.07) is 19.3. The third-order valence-electron chi connectivity index (χ3n) is 3.40. The summed E-state index contributed by atoms with van der Waals surface area (Å²) in [4.78, 5) is 17.3. The van der Waals surface area contributed by atoms with Gasteiger partial charge in [0.25, 0.3) is 0 Å². The molecule has 4 heteroatoms. The van der Waals surface area contributed by atoms with Crippen molar-refractivity contribution >= 4 is 17.5 Å². The lowest BCUT2D eigenvalue weighted by molar-refractivity contribution is 0.0989. The van der Waals surface area contributed by atoms with Crippen LogP contribution in [0.3, 0.4) is 0 Å². The number of aryl methyl sites for hydroxylation is 1. The summed E-state index contributed by atoms with van der Waals surface area (Å²) in [7, 11) is 1.93. The molecule has 0 fully saturated rings. The van der Waals surface area contributed by atoms with Crippen LogP contribution >= 0.6 is 11.8 Å². The third kappa shape index (κ3) is 3.12. The summed E-state index contributed by atoms with van der Waals surface area (Å²) in [5.74, 6) is 0.0970. The smallest absolute Gasteiger partial charge is 0.180 e. The highest BCUT2D eigenvalue weighted by Crippen LogP contribution is 2.36. The summed E-state index contributed by atoms with van der Waals surface area (Å²) in [5.41, 5.74) is 1.71. The second-order valence-corrected chi connectivity index (χ2v) is 6.03. The summed E-state index contributed by atoms with van der Waals surface area (Å²) >= 11 is 1.48. The van der Waals surface area contributed by atoms with E-state index < -0.39 is 0 Å². The topological polar surface area (TPSA) is 34.9 Å². The fourth-order valence-electron chi connectivity index (χ4n) is 2.23. The van der Waals surface area contributed by atoms with Gasteiger partial charge in [0.15, 0.2) is 10.9 Å². The van der Waals surface area contributed by atoms with Crippen LogP contribution in [0, 0.1) is 0 Å². The third-order valence-corrected chi connectivity index (χ3v) is 4.73. The van der Waals surface area contributed by atoms with Gasteiger partial charge in [-0.1, -0.05) is 72.4 Å². The second kappa shape index (κ2) is 6.62. The first kappa shape index (κ1) is 14.6. The molecule has 1 aromatic heterocycles. The van der Waals surface area contributed by atoms with Crippen LogP contribution in [0.25, 0.3) is 0 Å². The van der Waals surface area contributed by atoms with Crippen LogP contribution < -0.4 is 0 Å². The minimum absolute atomic E-state index is 0.0970. The van der Waals surface area contributed by atoms with Crippen LogP contribution in [0.15, 0.2) is 78.2 Å². The maximum atomic E-state index is 12.9. The van der Waals surface area contributed by atoms with Crippen molar-refractivity contribution in [2.75, 3.05) is 0 Å². The van der Waals surface area contributed by atoms with Gasteiger partial charge in [0.2, 0.25) is 0 Å². The van der Waals surface area contributed by atoms with Gasteiger partial charge in [-0.25, -0.2) is 4.98 Å². The molecule has 3 aromatic rings. The monoisotopic (exact) mass is 308 g/mol. The molecular weight excluding hydrogens is 292 g/mol. The zero-order valence-electron chi connectivity index (χ0n) is 12.2. The van der Waals surface area contributed by atoms with Gasteiger partial charge in [-0.15, -0.1) is 0 Å². The number of imidazole rings is 1. The fraction of sp³-hybridized carbons (Fsp3) is 0.111. The van der Waals surface area contributed by atoms with Crippen LogP contribution in [0.2, 0.25) is 0 Å². The Labute approximate surface area is 134 Å². The Morgan fingerprint density at radius 3 is 2.27 bits per heavy atom. The number of hydrogen-bond acceptors (Lipinski definition) is 3. The maximum absolute atomic E-state index is 12.9. The van der Waals surface area contributed by atoms with E-state index in [-0.39, 0.29) is 11.0 Å². The van der Waals surface area contributed by atoms with Crippen LogP contribution in [0.4, 0.5) is 0 Å². The van der Waals surface area contributed by atoms with Crippen LogP contribution in [-0.2, 0) is 7.05 Å². The van der Waals surface area contributed by atoms with Crippen molar-refractivity contribution in [3.63, 3.8) is 0 Å². The number of hydrogen-bond donors (Lipinski definition) is 0. The molecule has 1 heterocycles. The van der Waals surface area contributed by atoms with Crippen LogP contribution in [0.5, 0.6) is 0 Å². The SMILES string of the molecule is Cn1ccnc1S[C@H](C(=O)c1ccccc1)c1ccccc1. The van der Waals surface area contributed by atoms with Gasteiger partial charge in [-0.3, -0.25) is 4.79 Å². The molecule has 0 unspecified atom stereocenters. The van der Waals surface area contributed by atoms with Crippen molar-refractivity contribution in [2.45, 2.75) is 10.4 Å². The molecule has 0 aliphatic rings. The molecule has 3 nitrogen and oxygen atoms in total. The molecular formula is C18H16N2OS. The molecule has 0 saturated heterocycles. The number of nitrogens with zero attached hydrogens (tertiary/aromatic N) is 2. The number of aromatic nitrogens is 2. The quantitative estimate of drug-likeness (QED) is 0.525. The van der Waals surface area contributed by atoms with Gasteiger partial charge in [0.1, 0.15) is 5.25 Å². The normalized spacial score (nSPS) is 12.0. The molecule has 22 heavy (non-hydrogen) atoms. The molecule has 110 valence electrons. The highest BCUT2D eigenvalue weighted by atomic mass is 32.2. The Kier molecular flexibility index (Phi) is 4.39. The number of rotatable bonds is 5. The largest absolute Gasteiger partial charge is 0.329 e. The predicted octanol–water partition coefficient (Wildman–Crippen LogP) is 4.14. The van der Waals surface area contributed by atoms with E-state index in [1.165, 1.54) is 11.8 Å². The summed E-state index contributed by atoms with van der Waals surface area (Å²) in [5, 5.41) is 0.530.